The number of hydrogen-bond donors (Lipinski definition) is 2. The summed E-state index contributed by atoms with van der Waals surface area (Å²) < 4.78 is 4.82. The minimum atomic E-state index is -1.01. The summed E-state index contributed by atoms with van der Waals surface area (Å²) in [5.74, 6) is 0.461. The smallest absolute Gasteiger partial charge is 0.326 e. The molecule has 0 aliphatic rings. The molecule has 0 aliphatic carbocycles. The van der Waals surface area contributed by atoms with Crippen molar-refractivity contribution in [2.24, 2.45) is 0 Å². The number of unbranched alkanes of at least 4 members (excludes halogenated alkanes) is 2. The molecule has 116 valence electrons. The number of ether oxygens (including phenoxy) is 1. The number of carboxylic acid groups (broad SMARTS) is 1. The van der Waals surface area contributed by atoms with Crippen LogP contribution in [-0.2, 0) is 19.1 Å². The lowest BCUT2D eigenvalue weighted by molar-refractivity contribution is -0.143. The number of amides is 1. The summed E-state index contributed by atoms with van der Waals surface area (Å²) >= 11 is 1.66. The summed E-state index contributed by atoms with van der Waals surface area (Å²) in [6.45, 7) is 2.21. The van der Waals surface area contributed by atoms with E-state index in [1.165, 1.54) is 0 Å². The monoisotopic (exact) mass is 305 g/mol. The fraction of sp³-hybridized carbons (Fsp3) is 0.769. The summed E-state index contributed by atoms with van der Waals surface area (Å²) in [5, 5.41) is 11.1. The molecule has 0 aromatic carbocycles. The maximum Gasteiger partial charge on any atom is 0.326 e. The second kappa shape index (κ2) is 12.8. The third kappa shape index (κ3) is 10.7. The lowest BCUT2D eigenvalue weighted by Gasteiger charge is -2.10. The standard InChI is InChI=1S/C13H23NO5S/c1-2-19-12(16)6-4-3-5-8-20-9-7-11(13(17)18)14-10-15/h10-11H,2-9H2,1H3,(H,14,15)(H,17,18). The zero-order chi connectivity index (χ0) is 15.2. The molecular weight excluding hydrogens is 282 g/mol. The molecule has 2 N–H and O–H groups in total. The fourth-order valence-corrected chi connectivity index (χ4v) is 2.56. The molecule has 0 radical (unpaired) electrons. The van der Waals surface area contributed by atoms with E-state index in [1.807, 2.05) is 0 Å². The number of carboxylic acids is 1. The first-order valence-electron chi connectivity index (χ1n) is 6.77. The highest BCUT2D eigenvalue weighted by molar-refractivity contribution is 7.99. The van der Waals surface area contributed by atoms with Crippen LogP contribution in [-0.4, -0.2) is 47.6 Å². The van der Waals surface area contributed by atoms with Gasteiger partial charge in [-0.15, -0.1) is 0 Å². The second-order valence-corrected chi connectivity index (χ2v) is 5.42. The number of esters is 1. The highest BCUT2D eigenvalue weighted by Gasteiger charge is 2.15. The van der Waals surface area contributed by atoms with Gasteiger partial charge in [-0.3, -0.25) is 9.59 Å². The van der Waals surface area contributed by atoms with Crippen LogP contribution < -0.4 is 5.32 Å². The fourth-order valence-electron chi connectivity index (χ4n) is 1.55. The SMILES string of the molecule is CCOC(=O)CCCCCSCCC(NC=O)C(=O)O. The first-order chi connectivity index (χ1) is 9.61. The first kappa shape index (κ1) is 18.8. The molecule has 1 amide bonds. The molecule has 0 saturated heterocycles. The van der Waals surface area contributed by atoms with Gasteiger partial charge in [0.25, 0.3) is 0 Å². The lowest BCUT2D eigenvalue weighted by Crippen LogP contribution is -2.36. The van der Waals surface area contributed by atoms with E-state index in [4.69, 9.17) is 9.84 Å². The Labute approximate surface area is 123 Å². The van der Waals surface area contributed by atoms with Gasteiger partial charge in [0.1, 0.15) is 6.04 Å². The van der Waals surface area contributed by atoms with Gasteiger partial charge < -0.3 is 15.2 Å². The van der Waals surface area contributed by atoms with Gasteiger partial charge in [-0.1, -0.05) is 6.42 Å². The Kier molecular flexibility index (Phi) is 12.0. The Morgan fingerprint density at radius 2 is 2.05 bits per heavy atom. The van der Waals surface area contributed by atoms with Crippen molar-refractivity contribution in [3.05, 3.63) is 0 Å². The van der Waals surface area contributed by atoms with Crippen LogP contribution in [0.2, 0.25) is 0 Å². The van der Waals surface area contributed by atoms with E-state index in [2.05, 4.69) is 5.32 Å². The Bertz CT molecular complexity index is 298. The van der Waals surface area contributed by atoms with Gasteiger partial charge in [0.2, 0.25) is 6.41 Å². The number of hydrogen-bond acceptors (Lipinski definition) is 5. The molecular formula is C13H23NO5S. The minimum absolute atomic E-state index is 0.149. The average molecular weight is 305 g/mol. The van der Waals surface area contributed by atoms with E-state index in [1.54, 1.807) is 18.7 Å². The summed E-state index contributed by atoms with van der Waals surface area (Å²) in [5.41, 5.74) is 0. The van der Waals surface area contributed by atoms with Gasteiger partial charge in [-0.25, -0.2) is 4.79 Å². The van der Waals surface area contributed by atoms with Crippen LogP contribution in [0, 0.1) is 0 Å². The van der Waals surface area contributed by atoms with Crippen LogP contribution >= 0.6 is 11.8 Å². The molecule has 6 nitrogen and oxygen atoms in total. The molecule has 0 saturated carbocycles. The summed E-state index contributed by atoms with van der Waals surface area (Å²) in [6, 6.07) is -0.802. The van der Waals surface area contributed by atoms with Crippen molar-refractivity contribution in [3.63, 3.8) is 0 Å². The lowest BCUT2D eigenvalue weighted by atomic mass is 10.2. The molecule has 0 heterocycles. The van der Waals surface area contributed by atoms with Crippen molar-refractivity contribution in [3.8, 4) is 0 Å². The van der Waals surface area contributed by atoms with Crippen LogP contribution in [0.25, 0.3) is 0 Å². The van der Waals surface area contributed by atoms with Crippen molar-refractivity contribution < 1.29 is 24.2 Å². The van der Waals surface area contributed by atoms with E-state index in [-0.39, 0.29) is 5.97 Å². The van der Waals surface area contributed by atoms with Gasteiger partial charge in [-0.2, -0.15) is 11.8 Å². The van der Waals surface area contributed by atoms with Crippen LogP contribution in [0.3, 0.4) is 0 Å². The molecule has 0 bridgehead atoms. The first-order valence-corrected chi connectivity index (χ1v) is 7.93. The zero-order valence-electron chi connectivity index (χ0n) is 11.8. The molecule has 20 heavy (non-hydrogen) atoms. The maximum absolute atomic E-state index is 11.1. The van der Waals surface area contributed by atoms with Gasteiger partial charge in [-0.05, 0) is 37.7 Å². The molecule has 1 atom stereocenters. The molecule has 0 aromatic heterocycles. The molecule has 0 aromatic rings. The summed E-state index contributed by atoms with van der Waals surface area (Å²) in [7, 11) is 0. The van der Waals surface area contributed by atoms with Crippen molar-refractivity contribution in [1.82, 2.24) is 5.32 Å². The predicted molar refractivity (Wildman–Crippen MR) is 77.7 cm³/mol. The molecule has 1 unspecified atom stereocenters. The van der Waals surface area contributed by atoms with Crippen molar-refractivity contribution >= 4 is 30.1 Å². The Morgan fingerprint density at radius 3 is 2.65 bits per heavy atom. The van der Waals surface area contributed by atoms with E-state index >= 15 is 0 Å². The van der Waals surface area contributed by atoms with Gasteiger partial charge in [0.15, 0.2) is 0 Å². The van der Waals surface area contributed by atoms with Crippen molar-refractivity contribution in [2.45, 2.75) is 45.1 Å². The van der Waals surface area contributed by atoms with Crippen LogP contribution in [0.5, 0.6) is 0 Å². The van der Waals surface area contributed by atoms with E-state index < -0.39 is 12.0 Å². The van der Waals surface area contributed by atoms with E-state index in [0.29, 0.717) is 31.6 Å². The summed E-state index contributed by atoms with van der Waals surface area (Å²) in [4.78, 5) is 32.0. The van der Waals surface area contributed by atoms with Crippen LogP contribution in [0.15, 0.2) is 0 Å². The largest absolute Gasteiger partial charge is 0.480 e. The molecule has 0 spiro atoms. The number of rotatable bonds is 13. The van der Waals surface area contributed by atoms with Gasteiger partial charge in [0, 0.05) is 6.42 Å². The van der Waals surface area contributed by atoms with Crippen molar-refractivity contribution in [1.29, 1.82) is 0 Å². The summed E-state index contributed by atoms with van der Waals surface area (Å²) in [6.07, 6.45) is 4.07. The molecule has 7 heteroatoms. The highest BCUT2D eigenvalue weighted by Crippen LogP contribution is 2.10. The Morgan fingerprint density at radius 1 is 1.30 bits per heavy atom. The Hall–Kier alpha value is -1.24. The topological polar surface area (TPSA) is 92.7 Å². The number of aliphatic carboxylic acids is 1. The molecule has 0 aliphatic heterocycles. The van der Waals surface area contributed by atoms with Gasteiger partial charge >= 0.3 is 11.9 Å². The average Bonchev–Trinajstić information content (AvgIpc) is 2.40. The number of carbonyl (C=O) groups excluding carboxylic acids is 2. The predicted octanol–water partition coefficient (Wildman–Crippen LogP) is 1.43. The third-order valence-corrected chi connectivity index (χ3v) is 3.69. The van der Waals surface area contributed by atoms with E-state index in [9.17, 15) is 14.4 Å². The second-order valence-electron chi connectivity index (χ2n) is 4.19. The third-order valence-electron chi connectivity index (χ3n) is 2.59. The minimum Gasteiger partial charge on any atom is -0.480 e. The quantitative estimate of drug-likeness (QED) is 0.304. The van der Waals surface area contributed by atoms with Crippen LogP contribution in [0.4, 0.5) is 0 Å². The van der Waals surface area contributed by atoms with Crippen LogP contribution in [0.1, 0.15) is 39.0 Å². The number of carbonyl (C=O) groups is 3. The van der Waals surface area contributed by atoms with E-state index in [0.717, 1.165) is 25.0 Å². The zero-order valence-corrected chi connectivity index (χ0v) is 12.6. The number of thioether (sulfide) groups is 1. The number of nitrogens with one attached hydrogen (secondary N) is 1. The maximum atomic E-state index is 11.1. The molecule has 0 fully saturated rings. The molecule has 0 rings (SSSR count). The van der Waals surface area contributed by atoms with Crippen molar-refractivity contribution in [2.75, 3.05) is 18.1 Å². The van der Waals surface area contributed by atoms with Gasteiger partial charge in [0.05, 0.1) is 6.61 Å². The normalized spacial score (nSPS) is 11.7. The highest BCUT2D eigenvalue weighted by atomic mass is 32.2. The Balaban J connectivity index is 3.41.